The van der Waals surface area contributed by atoms with Crippen LogP contribution >= 0.6 is 0 Å². The molecule has 0 saturated carbocycles. The monoisotopic (exact) mass is 258 g/mol. The molecule has 17 heavy (non-hydrogen) atoms. The summed E-state index contributed by atoms with van der Waals surface area (Å²) in [6.07, 6.45) is 0.553. The number of nitrogen functional groups attached to an aromatic ring is 1. The van der Waals surface area contributed by atoms with Crippen LogP contribution in [0.3, 0.4) is 0 Å². The third kappa shape index (κ3) is 4.72. The number of hydrogen-bond donors (Lipinski definition) is 3. The number of aliphatic hydroxyl groups is 1. The van der Waals surface area contributed by atoms with Gasteiger partial charge in [0.05, 0.1) is 12.4 Å². The highest BCUT2D eigenvalue weighted by Crippen LogP contribution is 2.09. The number of benzene rings is 1. The molecule has 0 amide bonds. The van der Waals surface area contributed by atoms with Crippen LogP contribution in [0, 0.1) is 0 Å². The predicted octanol–water partition coefficient (Wildman–Crippen LogP) is 0.459. The van der Waals surface area contributed by atoms with Gasteiger partial charge in [-0.1, -0.05) is 19.1 Å². The van der Waals surface area contributed by atoms with E-state index in [-0.39, 0.29) is 12.4 Å². The first kappa shape index (κ1) is 14.0. The molecule has 5 nitrogen and oxygen atoms in total. The van der Waals surface area contributed by atoms with Crippen molar-refractivity contribution in [1.29, 1.82) is 0 Å². The van der Waals surface area contributed by atoms with Crippen LogP contribution < -0.4 is 10.5 Å². The van der Waals surface area contributed by atoms with Crippen LogP contribution in [-0.2, 0) is 15.8 Å². The molecule has 1 atom stereocenters. The molecular weight excluding hydrogens is 240 g/mol. The fraction of sp³-hybridized carbons (Fsp3) is 0.455. The van der Waals surface area contributed by atoms with Crippen molar-refractivity contribution < 1.29 is 13.5 Å². The van der Waals surface area contributed by atoms with Gasteiger partial charge < -0.3 is 10.8 Å². The van der Waals surface area contributed by atoms with E-state index in [4.69, 9.17) is 10.8 Å². The van der Waals surface area contributed by atoms with Gasteiger partial charge in [0.15, 0.2) is 0 Å². The van der Waals surface area contributed by atoms with Gasteiger partial charge in [0.25, 0.3) is 0 Å². The van der Waals surface area contributed by atoms with E-state index in [2.05, 4.69) is 4.72 Å². The molecule has 1 aromatic carbocycles. The fourth-order valence-corrected chi connectivity index (χ4v) is 2.84. The number of nitrogens with one attached hydrogen (secondary N) is 1. The molecule has 0 radical (unpaired) electrons. The van der Waals surface area contributed by atoms with Crippen molar-refractivity contribution in [2.24, 2.45) is 0 Å². The zero-order valence-electron chi connectivity index (χ0n) is 9.76. The van der Waals surface area contributed by atoms with Gasteiger partial charge in [-0.25, -0.2) is 13.1 Å². The number of anilines is 1. The summed E-state index contributed by atoms with van der Waals surface area (Å²) in [5, 5.41) is 8.95. The Morgan fingerprint density at radius 2 is 1.94 bits per heavy atom. The summed E-state index contributed by atoms with van der Waals surface area (Å²) in [5.41, 5.74) is 6.78. The normalized spacial score (nSPS) is 13.5. The maximum absolute atomic E-state index is 11.8. The molecule has 0 bridgehead atoms. The topological polar surface area (TPSA) is 92.4 Å². The van der Waals surface area contributed by atoms with Gasteiger partial charge in [0.2, 0.25) is 10.0 Å². The second kappa shape index (κ2) is 6.00. The van der Waals surface area contributed by atoms with Crippen LogP contribution in [0.15, 0.2) is 24.3 Å². The summed E-state index contributed by atoms with van der Waals surface area (Å²) in [5.74, 6) is -0.107. The van der Waals surface area contributed by atoms with E-state index >= 15 is 0 Å². The van der Waals surface area contributed by atoms with Crippen molar-refractivity contribution in [3.05, 3.63) is 29.8 Å². The van der Waals surface area contributed by atoms with Crippen LogP contribution in [0.2, 0.25) is 0 Å². The van der Waals surface area contributed by atoms with Crippen molar-refractivity contribution >= 4 is 15.7 Å². The van der Waals surface area contributed by atoms with Crippen LogP contribution in [0.1, 0.15) is 18.9 Å². The van der Waals surface area contributed by atoms with E-state index < -0.39 is 16.1 Å². The molecule has 0 spiro atoms. The first-order valence-corrected chi connectivity index (χ1v) is 7.07. The number of rotatable bonds is 6. The molecule has 0 aliphatic carbocycles. The number of aliphatic hydroxyl groups excluding tert-OH is 1. The quantitative estimate of drug-likeness (QED) is 0.646. The zero-order valence-corrected chi connectivity index (χ0v) is 10.6. The third-order valence-electron chi connectivity index (χ3n) is 2.40. The Labute approximate surface area is 102 Å². The summed E-state index contributed by atoms with van der Waals surface area (Å²) < 4.78 is 26.0. The van der Waals surface area contributed by atoms with Crippen molar-refractivity contribution in [1.82, 2.24) is 4.72 Å². The minimum absolute atomic E-state index is 0.107. The predicted molar refractivity (Wildman–Crippen MR) is 67.8 cm³/mol. The van der Waals surface area contributed by atoms with Gasteiger partial charge in [0.1, 0.15) is 0 Å². The molecule has 6 heteroatoms. The van der Waals surface area contributed by atoms with E-state index in [1.54, 1.807) is 24.3 Å². The molecule has 1 rings (SSSR count). The van der Waals surface area contributed by atoms with Crippen molar-refractivity contribution in [3.63, 3.8) is 0 Å². The molecule has 0 aliphatic rings. The average molecular weight is 258 g/mol. The smallest absolute Gasteiger partial charge is 0.216 e. The SMILES string of the molecule is CC[C@@H](CO)NS(=O)(=O)Cc1ccc(N)cc1. The Kier molecular flexibility index (Phi) is 4.92. The van der Waals surface area contributed by atoms with Gasteiger partial charge >= 0.3 is 0 Å². The van der Waals surface area contributed by atoms with E-state index in [0.717, 1.165) is 0 Å². The van der Waals surface area contributed by atoms with Crippen LogP contribution in [-0.4, -0.2) is 26.2 Å². The third-order valence-corrected chi connectivity index (χ3v) is 3.80. The van der Waals surface area contributed by atoms with Gasteiger partial charge in [0, 0.05) is 11.7 Å². The average Bonchev–Trinajstić information content (AvgIpc) is 2.29. The lowest BCUT2D eigenvalue weighted by molar-refractivity contribution is 0.254. The van der Waals surface area contributed by atoms with Crippen molar-refractivity contribution in [3.8, 4) is 0 Å². The molecule has 0 unspecified atom stereocenters. The summed E-state index contributed by atoms with van der Waals surface area (Å²) in [4.78, 5) is 0. The Hall–Kier alpha value is -1.11. The Balaban J connectivity index is 2.69. The highest BCUT2D eigenvalue weighted by atomic mass is 32.2. The van der Waals surface area contributed by atoms with Crippen LogP contribution in [0.5, 0.6) is 0 Å². The van der Waals surface area contributed by atoms with E-state index in [0.29, 0.717) is 17.7 Å². The minimum atomic E-state index is -3.42. The fourth-order valence-electron chi connectivity index (χ4n) is 1.38. The number of nitrogens with two attached hydrogens (primary N) is 1. The molecule has 1 aromatic rings. The summed E-state index contributed by atoms with van der Waals surface area (Å²) in [6.45, 7) is 1.62. The van der Waals surface area contributed by atoms with Gasteiger partial charge in [-0.15, -0.1) is 0 Å². The van der Waals surface area contributed by atoms with E-state index in [1.165, 1.54) is 0 Å². The van der Waals surface area contributed by atoms with Gasteiger partial charge in [-0.3, -0.25) is 0 Å². The first-order valence-electron chi connectivity index (χ1n) is 5.42. The summed E-state index contributed by atoms with van der Waals surface area (Å²) in [7, 11) is -3.42. The molecule has 0 aliphatic heterocycles. The van der Waals surface area contributed by atoms with Gasteiger partial charge in [-0.05, 0) is 24.1 Å². The van der Waals surface area contributed by atoms with Crippen LogP contribution in [0.25, 0.3) is 0 Å². The maximum Gasteiger partial charge on any atom is 0.216 e. The van der Waals surface area contributed by atoms with E-state index in [1.807, 2.05) is 6.92 Å². The Morgan fingerprint density at radius 1 is 1.35 bits per heavy atom. The maximum atomic E-state index is 11.8. The second-order valence-electron chi connectivity index (χ2n) is 3.91. The lowest BCUT2D eigenvalue weighted by atomic mass is 10.2. The number of sulfonamides is 1. The Bertz CT molecular complexity index is 438. The lowest BCUT2D eigenvalue weighted by Gasteiger charge is -2.14. The number of hydrogen-bond acceptors (Lipinski definition) is 4. The minimum Gasteiger partial charge on any atom is -0.399 e. The first-order chi connectivity index (χ1) is 7.96. The highest BCUT2D eigenvalue weighted by molar-refractivity contribution is 7.88. The molecular formula is C11H18N2O3S. The molecule has 0 saturated heterocycles. The summed E-state index contributed by atoms with van der Waals surface area (Å²) >= 11 is 0. The lowest BCUT2D eigenvalue weighted by Crippen LogP contribution is -2.37. The van der Waals surface area contributed by atoms with Gasteiger partial charge in [-0.2, -0.15) is 0 Å². The van der Waals surface area contributed by atoms with Crippen molar-refractivity contribution in [2.75, 3.05) is 12.3 Å². The van der Waals surface area contributed by atoms with E-state index in [9.17, 15) is 8.42 Å². The zero-order chi connectivity index (χ0) is 12.9. The largest absolute Gasteiger partial charge is 0.399 e. The second-order valence-corrected chi connectivity index (χ2v) is 5.66. The van der Waals surface area contributed by atoms with Crippen molar-refractivity contribution in [2.45, 2.75) is 25.1 Å². The standard InChI is InChI=1S/C11H18N2O3S/c1-2-11(7-14)13-17(15,16)8-9-3-5-10(12)6-4-9/h3-6,11,13-14H,2,7-8,12H2,1H3/t11-/m0/s1. The Morgan fingerprint density at radius 3 is 2.41 bits per heavy atom. The van der Waals surface area contributed by atoms with Crippen LogP contribution in [0.4, 0.5) is 5.69 Å². The molecule has 0 aromatic heterocycles. The molecule has 96 valence electrons. The molecule has 0 fully saturated rings. The summed E-state index contributed by atoms with van der Waals surface area (Å²) in [6, 6.07) is 6.25. The molecule has 4 N–H and O–H groups in total. The highest BCUT2D eigenvalue weighted by Gasteiger charge is 2.16. The molecule has 0 heterocycles.